The molecule has 2 atom stereocenters. The van der Waals surface area contributed by atoms with E-state index in [1.807, 2.05) is 0 Å². The number of nitrogens with zero attached hydrogens (tertiary/aromatic N) is 1. The van der Waals surface area contributed by atoms with Crippen LogP contribution in [0.1, 0.15) is 58.2 Å². The Balaban J connectivity index is 2.37. The lowest BCUT2D eigenvalue weighted by Gasteiger charge is -2.33. The molecule has 0 saturated heterocycles. The minimum atomic E-state index is -1.07. The number of amides is 3. The van der Waals surface area contributed by atoms with E-state index in [9.17, 15) is 24.3 Å². The maximum atomic E-state index is 14.0. The molecule has 0 fully saturated rings. The first-order chi connectivity index (χ1) is 18.4. The molecule has 2 aromatic carbocycles. The molecule has 3 amide bonds. The normalized spacial score (nSPS) is 12.5. The fourth-order valence-corrected chi connectivity index (χ4v) is 3.91. The largest absolute Gasteiger partial charge is 0.508 e. The smallest absolute Gasteiger partial charge is 0.408 e. The number of alkyl carbamates (subject to hydrolysis) is 1. The second-order valence-electron chi connectivity index (χ2n) is 9.85. The van der Waals surface area contributed by atoms with Gasteiger partial charge in [0, 0.05) is 19.5 Å². The summed E-state index contributed by atoms with van der Waals surface area (Å²) in [7, 11) is 0. The summed E-state index contributed by atoms with van der Waals surface area (Å²) in [5.74, 6) is -1.33. The second kappa shape index (κ2) is 14.8. The molecule has 212 valence electrons. The lowest BCUT2D eigenvalue weighted by atomic mass is 10.0. The summed E-state index contributed by atoms with van der Waals surface area (Å²) in [6, 6.07) is 13.0. The number of carbonyl (C=O) groups excluding carboxylic acids is 4. The molecule has 0 bridgehead atoms. The van der Waals surface area contributed by atoms with Gasteiger partial charge in [0.1, 0.15) is 23.4 Å². The van der Waals surface area contributed by atoms with Crippen molar-refractivity contribution in [3.8, 4) is 5.75 Å². The number of benzene rings is 2. The van der Waals surface area contributed by atoms with Crippen molar-refractivity contribution >= 4 is 23.9 Å². The van der Waals surface area contributed by atoms with Crippen LogP contribution in [-0.2, 0) is 30.3 Å². The maximum absolute atomic E-state index is 14.0. The third-order valence-electron chi connectivity index (χ3n) is 5.60. The number of hydrogen-bond acceptors (Lipinski definition) is 7. The van der Waals surface area contributed by atoms with Crippen molar-refractivity contribution in [3.63, 3.8) is 0 Å². The first-order valence-electron chi connectivity index (χ1n) is 13.0. The Morgan fingerprint density at radius 3 is 2.18 bits per heavy atom. The summed E-state index contributed by atoms with van der Waals surface area (Å²) in [4.78, 5) is 53.2. The van der Waals surface area contributed by atoms with Crippen LogP contribution in [0.2, 0.25) is 0 Å². The van der Waals surface area contributed by atoms with Crippen LogP contribution >= 0.6 is 0 Å². The molecular formula is C29H39N3O7. The molecule has 2 unspecified atom stereocenters. The minimum absolute atomic E-state index is 0.00909. The van der Waals surface area contributed by atoms with Crippen molar-refractivity contribution < 1.29 is 33.8 Å². The lowest BCUT2D eigenvalue weighted by molar-refractivity contribution is -0.144. The molecule has 0 aliphatic rings. The monoisotopic (exact) mass is 541 g/mol. The van der Waals surface area contributed by atoms with Crippen molar-refractivity contribution in [1.29, 1.82) is 0 Å². The third-order valence-corrected chi connectivity index (χ3v) is 5.60. The Kier molecular flexibility index (Phi) is 11.8. The molecule has 0 spiro atoms. The number of ether oxygens (including phenoxy) is 2. The molecule has 0 aliphatic carbocycles. The molecule has 2 rings (SSSR count). The fourth-order valence-electron chi connectivity index (χ4n) is 3.91. The minimum Gasteiger partial charge on any atom is -0.508 e. The van der Waals surface area contributed by atoms with Gasteiger partial charge in [0.15, 0.2) is 0 Å². The zero-order valence-electron chi connectivity index (χ0n) is 23.2. The Labute approximate surface area is 229 Å². The summed E-state index contributed by atoms with van der Waals surface area (Å²) >= 11 is 0. The van der Waals surface area contributed by atoms with E-state index in [1.165, 1.54) is 17.0 Å². The van der Waals surface area contributed by atoms with Crippen molar-refractivity contribution in [2.75, 3.05) is 19.7 Å². The molecule has 2 aromatic rings. The quantitative estimate of drug-likeness (QED) is 0.350. The van der Waals surface area contributed by atoms with Gasteiger partial charge in [0.05, 0.1) is 13.0 Å². The number of likely N-dealkylation sites (N-methyl/N-ethyl adjacent to an activating group) is 1. The molecular weight excluding hydrogens is 502 g/mol. The van der Waals surface area contributed by atoms with Gasteiger partial charge >= 0.3 is 12.1 Å². The van der Waals surface area contributed by atoms with Gasteiger partial charge < -0.3 is 30.1 Å². The standard InChI is InChI=1S/C29H39N3O7/c1-6-32(25(21-11-9-8-10-12-21)26(35)30-18-17-24(34)38-7-2)27(36)23(31-28(37)39-29(3,4)5)19-20-13-15-22(33)16-14-20/h8-16,23,25,33H,6-7,17-19H2,1-5H3,(H,30,35)(H,31,37). The van der Waals surface area contributed by atoms with E-state index in [-0.39, 0.29) is 38.3 Å². The second-order valence-corrected chi connectivity index (χ2v) is 9.85. The van der Waals surface area contributed by atoms with Crippen LogP contribution in [0.5, 0.6) is 5.75 Å². The number of hydrogen-bond donors (Lipinski definition) is 3. The van der Waals surface area contributed by atoms with Crippen LogP contribution in [0.25, 0.3) is 0 Å². The summed E-state index contributed by atoms with van der Waals surface area (Å²) in [6.45, 7) is 9.03. The summed E-state index contributed by atoms with van der Waals surface area (Å²) in [5.41, 5.74) is 0.474. The van der Waals surface area contributed by atoms with Gasteiger partial charge in [-0.25, -0.2) is 4.79 Å². The van der Waals surface area contributed by atoms with E-state index in [1.54, 1.807) is 77.1 Å². The van der Waals surface area contributed by atoms with E-state index < -0.39 is 41.6 Å². The van der Waals surface area contributed by atoms with E-state index in [2.05, 4.69) is 10.6 Å². The topological polar surface area (TPSA) is 134 Å². The van der Waals surface area contributed by atoms with Crippen molar-refractivity contribution in [1.82, 2.24) is 15.5 Å². The zero-order chi connectivity index (χ0) is 29.0. The molecule has 3 N–H and O–H groups in total. The van der Waals surface area contributed by atoms with E-state index in [0.717, 1.165) is 0 Å². The predicted octanol–water partition coefficient (Wildman–Crippen LogP) is 3.49. The van der Waals surface area contributed by atoms with E-state index >= 15 is 0 Å². The highest BCUT2D eigenvalue weighted by Gasteiger charge is 2.35. The highest BCUT2D eigenvalue weighted by atomic mass is 16.6. The Bertz CT molecular complexity index is 1100. The number of phenolic OH excluding ortho intramolecular Hbond substituents is 1. The van der Waals surface area contributed by atoms with Crippen LogP contribution in [0.4, 0.5) is 4.79 Å². The Morgan fingerprint density at radius 2 is 1.62 bits per heavy atom. The van der Waals surface area contributed by atoms with Crippen LogP contribution in [-0.4, -0.2) is 65.2 Å². The van der Waals surface area contributed by atoms with Crippen LogP contribution in [0.15, 0.2) is 54.6 Å². The molecule has 0 saturated carbocycles. The molecule has 0 radical (unpaired) electrons. The van der Waals surface area contributed by atoms with E-state index in [0.29, 0.717) is 11.1 Å². The third kappa shape index (κ3) is 10.3. The van der Waals surface area contributed by atoms with E-state index in [4.69, 9.17) is 9.47 Å². The number of aromatic hydroxyl groups is 1. The van der Waals surface area contributed by atoms with Crippen LogP contribution in [0.3, 0.4) is 0 Å². The first kappa shape index (κ1) is 31.1. The number of nitrogens with one attached hydrogen (secondary N) is 2. The molecule has 10 heteroatoms. The van der Waals surface area contributed by atoms with Gasteiger partial charge in [-0.2, -0.15) is 0 Å². The summed E-state index contributed by atoms with van der Waals surface area (Å²) in [6.07, 6.45) is -0.683. The lowest BCUT2D eigenvalue weighted by Crippen LogP contribution is -2.53. The number of rotatable bonds is 12. The highest BCUT2D eigenvalue weighted by molar-refractivity contribution is 5.92. The maximum Gasteiger partial charge on any atom is 0.408 e. The van der Waals surface area contributed by atoms with Gasteiger partial charge in [-0.1, -0.05) is 42.5 Å². The molecule has 0 heterocycles. The van der Waals surface area contributed by atoms with Gasteiger partial charge in [-0.3, -0.25) is 14.4 Å². The Hall–Kier alpha value is -4.08. The molecule has 0 aromatic heterocycles. The van der Waals surface area contributed by atoms with Gasteiger partial charge in [-0.15, -0.1) is 0 Å². The Morgan fingerprint density at radius 1 is 0.974 bits per heavy atom. The van der Waals surface area contributed by atoms with Crippen LogP contribution in [0, 0.1) is 0 Å². The van der Waals surface area contributed by atoms with Crippen molar-refractivity contribution in [2.45, 2.75) is 65.1 Å². The summed E-state index contributed by atoms with van der Waals surface area (Å²) in [5, 5.41) is 15.1. The molecule has 39 heavy (non-hydrogen) atoms. The first-order valence-corrected chi connectivity index (χ1v) is 13.0. The molecule has 0 aliphatic heterocycles. The average molecular weight is 542 g/mol. The SMILES string of the molecule is CCOC(=O)CCNC(=O)C(c1ccccc1)N(CC)C(=O)C(Cc1ccc(O)cc1)NC(=O)OC(C)(C)C. The van der Waals surface area contributed by atoms with Crippen molar-refractivity contribution in [3.05, 3.63) is 65.7 Å². The van der Waals surface area contributed by atoms with Crippen LogP contribution < -0.4 is 10.6 Å². The van der Waals surface area contributed by atoms with Gasteiger partial charge in [0.2, 0.25) is 11.8 Å². The summed E-state index contributed by atoms with van der Waals surface area (Å²) < 4.78 is 10.3. The molecule has 10 nitrogen and oxygen atoms in total. The van der Waals surface area contributed by atoms with Gasteiger partial charge in [-0.05, 0) is 57.9 Å². The average Bonchev–Trinajstić information content (AvgIpc) is 2.87. The predicted molar refractivity (Wildman–Crippen MR) is 146 cm³/mol. The number of carbonyl (C=O) groups is 4. The fraction of sp³-hybridized carbons (Fsp3) is 0.448. The van der Waals surface area contributed by atoms with Gasteiger partial charge in [0.25, 0.3) is 0 Å². The van der Waals surface area contributed by atoms with Crippen molar-refractivity contribution in [2.24, 2.45) is 0 Å². The highest BCUT2D eigenvalue weighted by Crippen LogP contribution is 2.23. The number of esters is 1. The number of phenols is 1. The zero-order valence-corrected chi connectivity index (χ0v) is 23.2.